The van der Waals surface area contributed by atoms with Crippen LogP contribution in [0.3, 0.4) is 0 Å². The minimum atomic E-state index is -0.928. The molecule has 154 valence electrons. The van der Waals surface area contributed by atoms with E-state index in [1.54, 1.807) is 12.1 Å². The first kappa shape index (κ1) is 18.9. The van der Waals surface area contributed by atoms with Crippen molar-refractivity contribution in [2.24, 2.45) is 0 Å². The van der Waals surface area contributed by atoms with Crippen molar-refractivity contribution in [3.05, 3.63) is 99.2 Å². The largest absolute Gasteiger partial charge is 0.356 e. The average molecular weight is 448 g/mol. The first-order valence-corrected chi connectivity index (χ1v) is 11.1. The highest BCUT2D eigenvalue weighted by Gasteiger charge is 2.55. The van der Waals surface area contributed by atoms with E-state index in [9.17, 15) is 4.79 Å². The van der Waals surface area contributed by atoms with E-state index in [0.29, 0.717) is 16.6 Å². The van der Waals surface area contributed by atoms with Crippen molar-refractivity contribution in [2.45, 2.75) is 18.5 Å². The maximum atomic E-state index is 14.1. The molecular weight excluding hydrogens is 429 g/mol. The van der Waals surface area contributed by atoms with Crippen molar-refractivity contribution in [2.75, 3.05) is 11.4 Å². The number of benzene rings is 3. The lowest BCUT2D eigenvalue weighted by molar-refractivity contribution is -0.123. The topological polar surface area (TPSA) is 48.1 Å². The average Bonchev–Trinajstić information content (AvgIpc) is 3.27. The molecule has 1 spiro atoms. The molecule has 3 aromatic carbocycles. The van der Waals surface area contributed by atoms with Crippen LogP contribution in [0.15, 0.2) is 66.7 Å². The Morgan fingerprint density at radius 3 is 2.68 bits per heavy atom. The summed E-state index contributed by atoms with van der Waals surface area (Å²) in [4.78, 5) is 19.5. The molecule has 0 bridgehead atoms. The van der Waals surface area contributed by atoms with Crippen LogP contribution in [-0.4, -0.2) is 17.4 Å². The van der Waals surface area contributed by atoms with Gasteiger partial charge in [0, 0.05) is 33.1 Å². The number of aromatic amines is 1. The molecule has 31 heavy (non-hydrogen) atoms. The van der Waals surface area contributed by atoms with Crippen LogP contribution in [0.25, 0.3) is 10.9 Å². The zero-order valence-electron chi connectivity index (χ0n) is 16.6. The van der Waals surface area contributed by atoms with Gasteiger partial charge in [-0.15, -0.1) is 0 Å². The summed E-state index contributed by atoms with van der Waals surface area (Å²) in [5.41, 5.74) is 5.02. The van der Waals surface area contributed by atoms with Crippen LogP contribution in [0.2, 0.25) is 10.0 Å². The van der Waals surface area contributed by atoms with Gasteiger partial charge in [-0.25, -0.2) is 0 Å². The lowest BCUT2D eigenvalue weighted by Gasteiger charge is -2.34. The van der Waals surface area contributed by atoms with Crippen LogP contribution in [0, 0.1) is 0 Å². The molecule has 2 aliphatic rings. The molecule has 6 rings (SSSR count). The lowest BCUT2D eigenvalue weighted by atomic mass is 9.82. The van der Waals surface area contributed by atoms with E-state index in [-0.39, 0.29) is 5.91 Å². The molecule has 0 fully saturated rings. The molecule has 4 aromatic rings. The minimum Gasteiger partial charge on any atom is -0.356 e. The Kier molecular flexibility index (Phi) is 4.19. The molecule has 2 aliphatic heterocycles. The zero-order chi connectivity index (χ0) is 21.2. The second kappa shape index (κ2) is 6.86. The fourth-order valence-corrected chi connectivity index (χ4v) is 5.55. The van der Waals surface area contributed by atoms with Gasteiger partial charge in [0.1, 0.15) is 0 Å². The highest BCUT2D eigenvalue weighted by molar-refractivity contribution is 6.35. The summed E-state index contributed by atoms with van der Waals surface area (Å²) < 4.78 is 0. The van der Waals surface area contributed by atoms with Crippen molar-refractivity contribution < 1.29 is 4.79 Å². The number of nitrogens with zero attached hydrogens (tertiary/aromatic N) is 1. The van der Waals surface area contributed by atoms with Crippen LogP contribution in [-0.2, 0) is 23.3 Å². The second-order valence-electron chi connectivity index (χ2n) is 8.10. The zero-order valence-corrected chi connectivity index (χ0v) is 18.1. The van der Waals surface area contributed by atoms with Gasteiger partial charge in [0.25, 0.3) is 5.91 Å². The Bertz CT molecular complexity index is 1360. The highest BCUT2D eigenvalue weighted by Crippen LogP contribution is 2.48. The number of aromatic nitrogens is 1. The van der Waals surface area contributed by atoms with Crippen LogP contribution < -0.4 is 10.2 Å². The maximum Gasteiger partial charge on any atom is 0.258 e. The maximum absolute atomic E-state index is 14.1. The molecular formula is C25H19Cl2N3O. The number of halogens is 2. The number of para-hydroxylation sites is 2. The third-order valence-corrected chi connectivity index (χ3v) is 7.05. The van der Waals surface area contributed by atoms with E-state index >= 15 is 0 Å². The van der Waals surface area contributed by atoms with Crippen molar-refractivity contribution in [3.63, 3.8) is 0 Å². The predicted octanol–water partition coefficient (Wildman–Crippen LogP) is 5.41. The normalized spacial score (nSPS) is 19.8. The van der Waals surface area contributed by atoms with Gasteiger partial charge >= 0.3 is 0 Å². The number of carbonyl (C=O) groups excluding carboxylic acids is 1. The van der Waals surface area contributed by atoms with E-state index in [4.69, 9.17) is 23.2 Å². The number of anilines is 1. The van der Waals surface area contributed by atoms with E-state index in [0.717, 1.165) is 41.0 Å². The van der Waals surface area contributed by atoms with Gasteiger partial charge in [0.15, 0.2) is 5.54 Å². The number of nitrogens with one attached hydrogen (secondary N) is 2. The molecule has 0 aliphatic carbocycles. The van der Waals surface area contributed by atoms with Gasteiger partial charge in [-0.3, -0.25) is 10.1 Å². The monoisotopic (exact) mass is 447 g/mol. The summed E-state index contributed by atoms with van der Waals surface area (Å²) in [7, 11) is 0. The Hall–Kier alpha value is -2.79. The third-order valence-electron chi connectivity index (χ3n) is 6.46. The Morgan fingerprint density at radius 1 is 1.00 bits per heavy atom. The van der Waals surface area contributed by atoms with Crippen molar-refractivity contribution in [1.29, 1.82) is 0 Å². The predicted molar refractivity (Wildman–Crippen MR) is 125 cm³/mol. The van der Waals surface area contributed by atoms with E-state index < -0.39 is 5.54 Å². The molecule has 0 saturated carbocycles. The Labute approximate surface area is 189 Å². The molecule has 0 radical (unpaired) electrons. The van der Waals surface area contributed by atoms with Gasteiger partial charge in [-0.2, -0.15) is 0 Å². The summed E-state index contributed by atoms with van der Waals surface area (Å²) in [6.45, 7) is 1.11. The molecule has 2 N–H and O–H groups in total. The van der Waals surface area contributed by atoms with Crippen LogP contribution in [0.4, 0.5) is 5.69 Å². The summed E-state index contributed by atoms with van der Waals surface area (Å²) >= 11 is 12.5. The number of carbonyl (C=O) groups is 1. The smallest absolute Gasteiger partial charge is 0.258 e. The number of rotatable bonds is 2. The summed E-state index contributed by atoms with van der Waals surface area (Å²) in [6, 6.07) is 21.7. The molecule has 3 heterocycles. The third kappa shape index (κ3) is 2.62. The van der Waals surface area contributed by atoms with E-state index in [2.05, 4.69) is 22.4 Å². The Morgan fingerprint density at radius 2 is 1.81 bits per heavy atom. The summed E-state index contributed by atoms with van der Waals surface area (Å²) in [6.07, 6.45) is 0.875. The standard InChI is InChI=1S/C25H19Cl2N3O/c26-16-10-9-15(20(27)13-16)14-30-22-8-4-2-6-19(22)25(24(30)31)23-18(11-12-28-25)17-5-1-3-7-21(17)29-23/h1-10,13,28-29H,11-12,14H2. The number of hydrogen-bond acceptors (Lipinski definition) is 2. The molecule has 1 aromatic heterocycles. The van der Waals surface area contributed by atoms with Crippen LogP contribution in [0.5, 0.6) is 0 Å². The molecule has 6 heteroatoms. The lowest BCUT2D eigenvalue weighted by Crippen LogP contribution is -2.54. The van der Waals surface area contributed by atoms with Crippen LogP contribution >= 0.6 is 23.2 Å². The Balaban J connectivity index is 1.54. The fraction of sp³-hybridized carbons (Fsp3) is 0.160. The van der Waals surface area contributed by atoms with Gasteiger partial charge < -0.3 is 9.88 Å². The first-order valence-electron chi connectivity index (χ1n) is 10.3. The number of H-pyrrole nitrogens is 1. The SMILES string of the molecule is O=C1N(Cc2ccc(Cl)cc2Cl)c2ccccc2C12NCCc1c2[nH]c2ccccc12. The molecule has 4 nitrogen and oxygen atoms in total. The number of fused-ring (bicyclic) bond motifs is 6. The molecule has 0 saturated heterocycles. The van der Waals surface area contributed by atoms with Crippen molar-refractivity contribution in [3.8, 4) is 0 Å². The van der Waals surface area contributed by atoms with E-state index in [1.807, 2.05) is 47.4 Å². The molecule has 1 amide bonds. The van der Waals surface area contributed by atoms with E-state index in [1.165, 1.54) is 10.9 Å². The number of hydrogen-bond donors (Lipinski definition) is 2. The number of amides is 1. The van der Waals surface area contributed by atoms with Gasteiger partial charge in [0.05, 0.1) is 17.9 Å². The second-order valence-corrected chi connectivity index (χ2v) is 8.94. The van der Waals surface area contributed by atoms with Crippen molar-refractivity contribution >= 4 is 45.7 Å². The van der Waals surface area contributed by atoms with Gasteiger partial charge in [0.2, 0.25) is 0 Å². The summed E-state index contributed by atoms with van der Waals surface area (Å²) in [5.74, 6) is 0.00669. The highest BCUT2D eigenvalue weighted by atomic mass is 35.5. The summed E-state index contributed by atoms with van der Waals surface area (Å²) in [5, 5.41) is 5.90. The van der Waals surface area contributed by atoms with Crippen molar-refractivity contribution in [1.82, 2.24) is 10.3 Å². The van der Waals surface area contributed by atoms with Crippen LogP contribution in [0.1, 0.15) is 22.4 Å². The van der Waals surface area contributed by atoms with Gasteiger partial charge in [-0.05, 0) is 41.8 Å². The fourth-order valence-electron chi connectivity index (χ4n) is 5.09. The van der Waals surface area contributed by atoms with Gasteiger partial charge in [-0.1, -0.05) is 65.7 Å². The minimum absolute atomic E-state index is 0.00669. The quantitative estimate of drug-likeness (QED) is 0.431. The molecule has 1 unspecified atom stereocenters. The first-order chi connectivity index (χ1) is 15.1. The molecule has 1 atom stereocenters.